The summed E-state index contributed by atoms with van der Waals surface area (Å²) in [6.07, 6.45) is 1.92. The van der Waals surface area contributed by atoms with Gasteiger partial charge in [-0.15, -0.1) is 5.10 Å². The number of nitrogens with one attached hydrogen (secondary N) is 3. The molecule has 1 aromatic heterocycles. The van der Waals surface area contributed by atoms with Crippen molar-refractivity contribution in [1.82, 2.24) is 49.6 Å². The summed E-state index contributed by atoms with van der Waals surface area (Å²) in [4.78, 5) is 88.1. The van der Waals surface area contributed by atoms with E-state index in [-0.39, 0.29) is 97.5 Å². The highest BCUT2D eigenvalue weighted by Gasteiger charge is 2.34. The number of hydrogen-bond acceptors (Lipinski definition) is 14. The number of phenolic OH excluding ortho intramolecular Hbond substituents is 1. The first-order valence-electron chi connectivity index (χ1n) is 36.3. The van der Waals surface area contributed by atoms with E-state index in [0.29, 0.717) is 79.8 Å². The molecule has 10 rings (SSSR count). The summed E-state index contributed by atoms with van der Waals surface area (Å²) in [5.41, 5.74) is 7.49. The van der Waals surface area contributed by atoms with Crippen molar-refractivity contribution >= 4 is 62.0 Å². The van der Waals surface area contributed by atoms with E-state index < -0.39 is 45.8 Å². The van der Waals surface area contributed by atoms with E-state index >= 15 is 0 Å². The molecule has 3 aliphatic rings. The Labute approximate surface area is 613 Å². The zero-order chi connectivity index (χ0) is 74.7. The molecule has 1 fully saturated rings. The summed E-state index contributed by atoms with van der Waals surface area (Å²) in [5.74, 6) is -1.74. The molecular weight excluding hydrogens is 1350 g/mol. The van der Waals surface area contributed by atoms with Crippen LogP contribution in [-0.4, -0.2) is 167 Å². The van der Waals surface area contributed by atoms with Crippen LogP contribution in [0.5, 0.6) is 5.75 Å². The van der Waals surface area contributed by atoms with Gasteiger partial charge in [0.2, 0.25) is 39.0 Å². The minimum absolute atomic E-state index is 0.00100. The summed E-state index contributed by atoms with van der Waals surface area (Å²) in [6, 6.07) is 44.6. The van der Waals surface area contributed by atoms with Gasteiger partial charge in [-0.3, -0.25) is 28.8 Å². The Morgan fingerprint density at radius 1 is 0.676 bits per heavy atom. The Bertz CT molecular complexity index is 4630. The lowest BCUT2D eigenvalue weighted by Crippen LogP contribution is -2.50. The molecule has 0 spiro atoms. The van der Waals surface area contributed by atoms with E-state index in [1.807, 2.05) is 44.2 Å². The number of unbranched alkanes of at least 4 members (excludes halogenated alkanes) is 2. The topological polar surface area (TPSA) is 273 Å². The smallest absolute Gasteiger partial charge is 0.254 e. The molecule has 6 aromatic carbocycles. The second kappa shape index (κ2) is 36.3. The molecule has 1 unspecified atom stereocenters. The third kappa shape index (κ3) is 19.9. The van der Waals surface area contributed by atoms with E-state index in [0.717, 1.165) is 87.1 Å². The van der Waals surface area contributed by atoms with Gasteiger partial charge in [-0.05, 0) is 130 Å². The third-order valence-corrected chi connectivity index (χ3v) is 21.0. The van der Waals surface area contributed by atoms with Crippen LogP contribution >= 0.6 is 0 Å². The average Bonchev–Trinajstić information content (AvgIpc) is 0.968. The number of aliphatic hydroxyl groups is 1. The zero-order valence-electron chi connectivity index (χ0n) is 60.5. The molecule has 5 N–H and O–H groups in total. The van der Waals surface area contributed by atoms with Crippen LogP contribution < -0.4 is 30.8 Å². The number of fused-ring (bicyclic) bond motifs is 2. The summed E-state index contributed by atoms with van der Waals surface area (Å²) >= 11 is 0. The van der Waals surface area contributed by atoms with E-state index in [4.69, 9.17) is 4.42 Å². The van der Waals surface area contributed by atoms with Gasteiger partial charge in [0.05, 0.1) is 35.8 Å². The Balaban J connectivity index is 0.717. The Kier molecular flexibility index (Phi) is 26.7. The van der Waals surface area contributed by atoms with Gasteiger partial charge in [0.1, 0.15) is 47.7 Å². The van der Waals surface area contributed by atoms with Crippen molar-refractivity contribution in [1.29, 1.82) is 0 Å². The van der Waals surface area contributed by atoms with E-state index in [1.54, 1.807) is 70.5 Å². The molecule has 1 saturated heterocycles. The molecule has 2 aliphatic heterocycles. The molecule has 3 atom stereocenters. The van der Waals surface area contributed by atoms with E-state index in [1.165, 1.54) is 35.1 Å². The monoisotopic (exact) mass is 1450 g/mol. The predicted octanol–water partition coefficient (Wildman–Crippen LogP) is 9.81. The standard InChI is InChI=1S/C81H94FN11O11S/c1-7-88(8-2)62-32-38-68-73(49-62)104-74-50-63(89(9-3)10-4)33-39-69(74)78(68)66-21-16-17-22-67(66)81(101)91-45-43-90(44-46-91)77(98)41-40-75(96)83-42-18-12-15-23-76(97)85-70(47-56-24-28-59(29-25-56)79(99)58-19-13-11-14-20-58)80(100)84-51-61-53-93(87-86-61)71(48-57-26-34-64(94)35-27-57)72(95)54-92(52-55(5)6)105(102,103)65-36-30-60(82)31-37-65/h11,13-14,16-17,19-22,24-39,49-50,53,55,70-72,95H,7-10,12,15,18,23,40-48,51-52,54H2,1-6H3,(H3-,83,84,85,94,96,97,100)/p+1/t70-,71-,72?/m0/s1. The van der Waals surface area contributed by atoms with E-state index in [9.17, 15) is 51.8 Å². The summed E-state index contributed by atoms with van der Waals surface area (Å²) in [6.45, 7) is 16.6. The third-order valence-electron chi connectivity index (χ3n) is 19.2. The lowest BCUT2D eigenvalue weighted by atomic mass is 9.90. The van der Waals surface area contributed by atoms with Crippen LogP contribution in [0, 0.1) is 11.7 Å². The SMILES string of the molecule is CCN(CC)c1ccc2c(-c3ccccc3C(=O)N3CCN(C(=O)CCC(=O)NCCCCCC(=O)N[C@@H](Cc4ccc(C(=O)c5ccccc5)cc4)C(=O)NCc4cn([C@@H](Cc5ccc(O)cc5)C(O)CN(CC(C)C)S(=O)(=O)c5ccc(F)cc5)nn4)CC3)c3ccc(=[N+](CC)CC)cc-3oc2c1. The Hall–Kier alpha value is -10.4. The van der Waals surface area contributed by atoms with Crippen LogP contribution in [0.25, 0.3) is 33.4 Å². The quantitative estimate of drug-likeness (QED) is 0.0109. The number of benzene rings is 7. The fourth-order valence-electron chi connectivity index (χ4n) is 13.4. The number of aromatic nitrogens is 3. The number of sulfonamides is 1. The van der Waals surface area contributed by atoms with Gasteiger partial charge in [-0.1, -0.05) is 110 Å². The number of aliphatic hydroxyl groups excluding tert-OH is 1. The van der Waals surface area contributed by atoms with Crippen molar-refractivity contribution in [2.75, 3.05) is 76.9 Å². The van der Waals surface area contributed by atoms with Gasteiger partial charge in [-0.25, -0.2) is 22.1 Å². The van der Waals surface area contributed by atoms with Crippen LogP contribution in [0.15, 0.2) is 179 Å². The van der Waals surface area contributed by atoms with Crippen molar-refractivity contribution in [2.24, 2.45) is 5.92 Å². The first-order chi connectivity index (χ1) is 50.6. The van der Waals surface area contributed by atoms with Gasteiger partial charge in [0.25, 0.3) is 5.91 Å². The second-order valence-electron chi connectivity index (χ2n) is 26.9. The number of halogens is 1. The number of nitrogens with zero attached hydrogens (tertiary/aromatic N) is 8. The zero-order valence-corrected chi connectivity index (χ0v) is 61.4. The van der Waals surface area contributed by atoms with Gasteiger partial charge < -0.3 is 45.3 Å². The molecule has 1 aliphatic carbocycles. The fourth-order valence-corrected chi connectivity index (χ4v) is 15.0. The largest absolute Gasteiger partial charge is 0.508 e. The van der Waals surface area contributed by atoms with Gasteiger partial charge in [-0.2, -0.15) is 4.31 Å². The number of rotatable bonds is 34. The molecule has 22 nitrogen and oxygen atoms in total. The molecule has 24 heteroatoms. The lowest BCUT2D eigenvalue weighted by Gasteiger charge is -2.35. The molecular formula is C81H95FN11O11S+. The first-order valence-corrected chi connectivity index (χ1v) is 37.7. The number of phenols is 1. The van der Waals surface area contributed by atoms with Gasteiger partial charge in [0, 0.05) is 136 Å². The molecule has 0 bridgehead atoms. The van der Waals surface area contributed by atoms with Crippen LogP contribution in [-0.2, 0) is 48.6 Å². The van der Waals surface area contributed by atoms with Crippen molar-refractivity contribution in [3.63, 3.8) is 0 Å². The van der Waals surface area contributed by atoms with Gasteiger partial charge >= 0.3 is 0 Å². The maximum absolute atomic E-state index is 14.7. The highest BCUT2D eigenvalue weighted by Crippen LogP contribution is 2.42. The highest BCUT2D eigenvalue weighted by molar-refractivity contribution is 7.89. The normalized spacial score (nSPS) is 13.4. The molecule has 552 valence electrons. The average molecular weight is 1450 g/mol. The van der Waals surface area contributed by atoms with Gasteiger partial charge in [0.15, 0.2) is 5.78 Å². The van der Waals surface area contributed by atoms with Crippen molar-refractivity contribution in [2.45, 2.75) is 123 Å². The number of carbonyl (C=O) groups excluding carboxylic acids is 6. The number of aromatic hydroxyl groups is 1. The molecule has 0 radical (unpaired) electrons. The number of amides is 5. The summed E-state index contributed by atoms with van der Waals surface area (Å²) in [7, 11) is -4.21. The second-order valence-corrected chi connectivity index (χ2v) is 28.8. The minimum Gasteiger partial charge on any atom is -0.508 e. The maximum atomic E-state index is 14.7. The Morgan fingerprint density at radius 2 is 1.34 bits per heavy atom. The highest BCUT2D eigenvalue weighted by atomic mass is 32.2. The van der Waals surface area contributed by atoms with Crippen LogP contribution in [0.1, 0.15) is 129 Å². The fraction of sp³-hybridized carbons (Fsp3) is 0.370. The molecule has 5 amide bonds. The van der Waals surface area contributed by atoms with Crippen LogP contribution in [0.4, 0.5) is 10.1 Å². The van der Waals surface area contributed by atoms with Crippen LogP contribution in [0.3, 0.4) is 0 Å². The number of carbonyl (C=O) groups is 6. The molecule has 105 heavy (non-hydrogen) atoms. The molecule has 3 heterocycles. The van der Waals surface area contributed by atoms with Crippen molar-refractivity contribution < 1.29 is 56.2 Å². The predicted molar refractivity (Wildman–Crippen MR) is 402 cm³/mol. The van der Waals surface area contributed by atoms with Crippen molar-refractivity contribution in [3.05, 3.63) is 215 Å². The summed E-state index contributed by atoms with van der Waals surface area (Å²) in [5, 5.41) is 41.3. The van der Waals surface area contributed by atoms with E-state index in [2.05, 4.69) is 99.8 Å². The number of ketones is 1. The van der Waals surface area contributed by atoms with Crippen LogP contribution in [0.2, 0.25) is 0 Å². The van der Waals surface area contributed by atoms with Crippen molar-refractivity contribution in [3.8, 4) is 28.2 Å². The first kappa shape index (κ1) is 77.2. The maximum Gasteiger partial charge on any atom is 0.254 e. The summed E-state index contributed by atoms with van der Waals surface area (Å²) < 4.78 is 53.4. The molecule has 7 aromatic rings. The number of hydrogen-bond donors (Lipinski definition) is 5. The minimum atomic E-state index is -4.21. The number of anilines is 1. The number of piperazine rings is 1. The lowest BCUT2D eigenvalue weighted by molar-refractivity contribution is -0.134. The Morgan fingerprint density at radius 3 is 2.04 bits per heavy atom. The molecule has 0 saturated carbocycles.